The topological polar surface area (TPSA) is 105 Å². The minimum Gasteiger partial charge on any atom is -0.539 e. The van der Waals surface area contributed by atoms with E-state index in [9.17, 15) is 4.79 Å². The van der Waals surface area contributed by atoms with Crippen LogP contribution in [-0.4, -0.2) is 84.6 Å². The van der Waals surface area contributed by atoms with E-state index >= 15 is 0 Å². The number of quaternary nitrogens is 1. The highest BCUT2D eigenvalue weighted by atomic mass is 16.4. The third-order valence-corrected chi connectivity index (χ3v) is 6.68. The van der Waals surface area contributed by atoms with Gasteiger partial charge in [-0.25, -0.2) is 4.79 Å². The molecule has 0 bridgehead atoms. The number of carboxylic acid groups (broad SMARTS) is 2. The molecular formula is C22H39N3O5. The number of hydrogen-bond donors (Lipinski definition) is 2. The number of hydrogen-bond acceptors (Lipinski definition) is 5. The Kier molecular flexibility index (Phi) is 10.6. The zero-order valence-corrected chi connectivity index (χ0v) is 18.4. The Balaban J connectivity index is 0.000000469. The van der Waals surface area contributed by atoms with Crippen molar-refractivity contribution in [1.29, 1.82) is 0 Å². The highest BCUT2D eigenvalue weighted by molar-refractivity contribution is 6.26. The van der Waals surface area contributed by atoms with Crippen molar-refractivity contribution in [2.24, 2.45) is 5.92 Å². The van der Waals surface area contributed by atoms with Crippen LogP contribution in [0.15, 0.2) is 0 Å². The summed E-state index contributed by atoms with van der Waals surface area (Å²) in [4.78, 5) is 37.6. The fourth-order valence-corrected chi connectivity index (χ4v) is 5.07. The molecule has 3 fully saturated rings. The predicted molar refractivity (Wildman–Crippen MR) is 111 cm³/mol. The standard InChI is InChI=1S/C20H37N3O.C2H2O4/c1-2-11-21-15-9-19(10-16-21)23-14-7-8-18(17-23)20(24)22-12-5-3-4-6-13-22;3-1(4)2(5)6/h18-19H,2-17H2,1H3;(H,3,4)(H,5,6). The van der Waals surface area contributed by atoms with Gasteiger partial charge in [-0.05, 0) is 38.6 Å². The second kappa shape index (κ2) is 12.9. The molecule has 0 aromatic heterocycles. The zero-order chi connectivity index (χ0) is 21.9. The van der Waals surface area contributed by atoms with Crippen LogP contribution in [0.3, 0.4) is 0 Å². The van der Waals surface area contributed by atoms with Crippen LogP contribution in [0.1, 0.15) is 64.7 Å². The number of carbonyl (C=O) groups is 3. The second-order valence-electron chi connectivity index (χ2n) is 8.90. The van der Waals surface area contributed by atoms with Crippen molar-refractivity contribution in [2.75, 3.05) is 45.8 Å². The molecule has 2 N–H and O–H groups in total. The first-order chi connectivity index (χ1) is 14.4. The minimum absolute atomic E-state index is 0.276. The number of likely N-dealkylation sites (tertiary alicyclic amines) is 3. The molecule has 0 spiro atoms. The van der Waals surface area contributed by atoms with Crippen molar-refractivity contribution in [1.82, 2.24) is 9.80 Å². The minimum atomic E-state index is -2.07. The van der Waals surface area contributed by atoms with E-state index in [4.69, 9.17) is 19.8 Å². The summed E-state index contributed by atoms with van der Waals surface area (Å²) in [5.74, 6) is -3.27. The van der Waals surface area contributed by atoms with E-state index in [0.29, 0.717) is 5.91 Å². The molecule has 3 rings (SSSR count). The lowest BCUT2D eigenvalue weighted by atomic mass is 9.92. The number of aliphatic carboxylic acids is 2. The maximum atomic E-state index is 13.0. The second-order valence-corrected chi connectivity index (χ2v) is 8.90. The lowest BCUT2D eigenvalue weighted by Crippen LogP contribution is -3.13. The van der Waals surface area contributed by atoms with Gasteiger partial charge in [0.2, 0.25) is 5.91 Å². The van der Waals surface area contributed by atoms with E-state index in [-0.39, 0.29) is 5.92 Å². The van der Waals surface area contributed by atoms with E-state index in [0.717, 1.165) is 32.1 Å². The molecule has 172 valence electrons. The third-order valence-electron chi connectivity index (χ3n) is 6.68. The number of carboxylic acids is 2. The van der Waals surface area contributed by atoms with Crippen molar-refractivity contribution in [3.8, 4) is 0 Å². The van der Waals surface area contributed by atoms with E-state index in [2.05, 4.69) is 16.7 Å². The van der Waals surface area contributed by atoms with Crippen LogP contribution in [0.2, 0.25) is 0 Å². The molecule has 30 heavy (non-hydrogen) atoms. The normalized spacial score (nSPS) is 28.0. The average Bonchev–Trinajstić information content (AvgIpc) is 3.04. The molecule has 0 aliphatic carbocycles. The molecule has 0 aromatic rings. The van der Waals surface area contributed by atoms with Crippen LogP contribution < -0.4 is 10.0 Å². The molecule has 8 nitrogen and oxygen atoms in total. The molecule has 3 heterocycles. The van der Waals surface area contributed by atoms with Crippen LogP contribution in [0.25, 0.3) is 0 Å². The predicted octanol–water partition coefficient (Wildman–Crippen LogP) is -0.621. The Labute approximate surface area is 180 Å². The Bertz CT molecular complexity index is 543. The van der Waals surface area contributed by atoms with Crippen molar-refractivity contribution >= 4 is 17.8 Å². The van der Waals surface area contributed by atoms with E-state index in [1.165, 1.54) is 77.5 Å². The molecule has 0 saturated carbocycles. The zero-order valence-electron chi connectivity index (χ0n) is 18.4. The largest absolute Gasteiger partial charge is 0.539 e. The highest BCUT2D eigenvalue weighted by Gasteiger charge is 2.34. The molecule has 3 saturated heterocycles. The molecule has 0 radical (unpaired) electrons. The maximum Gasteiger partial charge on any atom is 0.351 e. The van der Waals surface area contributed by atoms with Gasteiger partial charge < -0.3 is 24.8 Å². The summed E-state index contributed by atoms with van der Waals surface area (Å²) < 4.78 is 0. The number of rotatable bonds is 4. The fourth-order valence-electron chi connectivity index (χ4n) is 5.07. The van der Waals surface area contributed by atoms with Gasteiger partial charge in [-0.1, -0.05) is 19.8 Å². The molecule has 1 amide bonds. The van der Waals surface area contributed by atoms with Crippen molar-refractivity contribution in [2.45, 2.75) is 70.8 Å². The van der Waals surface area contributed by atoms with Crippen molar-refractivity contribution < 1.29 is 29.5 Å². The lowest BCUT2D eigenvalue weighted by molar-refractivity contribution is -0.905. The molecule has 3 aliphatic rings. The van der Waals surface area contributed by atoms with Gasteiger partial charge in [0.25, 0.3) is 0 Å². The van der Waals surface area contributed by atoms with Gasteiger partial charge in [0.15, 0.2) is 5.97 Å². The number of carbonyl (C=O) groups excluding carboxylic acids is 2. The Morgan fingerprint density at radius 2 is 1.57 bits per heavy atom. The molecular weight excluding hydrogens is 386 g/mol. The number of piperidine rings is 2. The van der Waals surface area contributed by atoms with Gasteiger partial charge in [0, 0.05) is 38.5 Å². The molecule has 1 atom stereocenters. The smallest absolute Gasteiger partial charge is 0.351 e. The van der Waals surface area contributed by atoms with Crippen molar-refractivity contribution in [3.05, 3.63) is 0 Å². The van der Waals surface area contributed by atoms with Crippen LogP contribution >= 0.6 is 0 Å². The number of amides is 1. The summed E-state index contributed by atoms with van der Waals surface area (Å²) in [5, 5.41) is 16.3. The van der Waals surface area contributed by atoms with Gasteiger partial charge in [0.05, 0.1) is 25.6 Å². The first-order valence-corrected chi connectivity index (χ1v) is 11.7. The summed E-state index contributed by atoms with van der Waals surface area (Å²) in [6.45, 7) is 10.6. The molecule has 3 aliphatic heterocycles. The first kappa shape index (κ1) is 24.6. The summed E-state index contributed by atoms with van der Waals surface area (Å²) in [7, 11) is 0. The van der Waals surface area contributed by atoms with E-state index in [1.807, 2.05) is 0 Å². The van der Waals surface area contributed by atoms with Crippen LogP contribution in [-0.2, 0) is 14.4 Å². The summed E-state index contributed by atoms with van der Waals surface area (Å²) in [6, 6.07) is 0.741. The number of nitrogens with one attached hydrogen (secondary N) is 1. The Morgan fingerprint density at radius 3 is 2.10 bits per heavy atom. The maximum absolute atomic E-state index is 13.0. The quantitative estimate of drug-likeness (QED) is 0.582. The van der Waals surface area contributed by atoms with E-state index < -0.39 is 11.9 Å². The molecule has 8 heteroatoms. The fraction of sp³-hybridized carbons (Fsp3) is 0.864. The van der Waals surface area contributed by atoms with E-state index in [1.54, 1.807) is 4.90 Å². The van der Waals surface area contributed by atoms with Gasteiger partial charge >= 0.3 is 5.97 Å². The van der Waals surface area contributed by atoms with Crippen molar-refractivity contribution in [3.63, 3.8) is 0 Å². The molecule has 0 aromatic carbocycles. The Morgan fingerprint density at radius 1 is 0.967 bits per heavy atom. The summed E-state index contributed by atoms with van der Waals surface area (Å²) in [6.07, 6.45) is 11.3. The van der Waals surface area contributed by atoms with Gasteiger partial charge in [-0.15, -0.1) is 0 Å². The van der Waals surface area contributed by atoms with Gasteiger partial charge in [-0.2, -0.15) is 0 Å². The highest BCUT2D eigenvalue weighted by Crippen LogP contribution is 2.24. The summed E-state index contributed by atoms with van der Waals surface area (Å²) in [5.41, 5.74) is 0. The van der Waals surface area contributed by atoms with Gasteiger partial charge in [-0.3, -0.25) is 9.69 Å². The Hall–Kier alpha value is -1.67. The van der Waals surface area contributed by atoms with Gasteiger partial charge in [0.1, 0.15) is 0 Å². The lowest BCUT2D eigenvalue weighted by Gasteiger charge is -2.41. The SMILES string of the molecule is CCC[NH+]1CCC(N2CCCC(C(=O)N3CCCCCC3)C2)CC1.O=C([O-])C(=O)O. The van der Waals surface area contributed by atoms with Crippen LogP contribution in [0.4, 0.5) is 0 Å². The monoisotopic (exact) mass is 425 g/mol. The number of nitrogens with zero attached hydrogens (tertiary/aromatic N) is 2. The summed E-state index contributed by atoms with van der Waals surface area (Å²) >= 11 is 0. The average molecular weight is 426 g/mol. The first-order valence-electron chi connectivity index (χ1n) is 11.7. The third kappa shape index (κ3) is 7.87. The molecule has 1 unspecified atom stereocenters. The van der Waals surface area contributed by atoms with Crippen LogP contribution in [0.5, 0.6) is 0 Å². The van der Waals surface area contributed by atoms with Crippen LogP contribution in [0, 0.1) is 5.92 Å².